The number of hydrogen-bond acceptors (Lipinski definition) is 4. The fourth-order valence-electron chi connectivity index (χ4n) is 1.47. The molecule has 0 aliphatic heterocycles. The van der Waals surface area contributed by atoms with Gasteiger partial charge in [-0.1, -0.05) is 6.92 Å². The van der Waals surface area contributed by atoms with E-state index in [-0.39, 0.29) is 12.0 Å². The van der Waals surface area contributed by atoms with Crippen LogP contribution in [0, 0.1) is 5.41 Å². The highest BCUT2D eigenvalue weighted by Gasteiger charge is 2.30. The largest absolute Gasteiger partial charge is 0.473 e. The lowest BCUT2D eigenvalue weighted by molar-refractivity contribution is -0.124. The number of ether oxygens (including phenoxy) is 1. The van der Waals surface area contributed by atoms with Crippen molar-refractivity contribution in [1.82, 2.24) is 4.98 Å². The van der Waals surface area contributed by atoms with Gasteiger partial charge in [-0.25, -0.2) is 4.98 Å². The number of aromatic nitrogens is 1. The van der Waals surface area contributed by atoms with Crippen molar-refractivity contribution in [3.8, 4) is 5.88 Å². The Labute approximate surface area is 114 Å². The van der Waals surface area contributed by atoms with E-state index in [0.717, 1.165) is 0 Å². The zero-order valence-electron chi connectivity index (χ0n) is 12.1. The van der Waals surface area contributed by atoms with E-state index in [2.05, 4.69) is 10.3 Å². The van der Waals surface area contributed by atoms with Crippen molar-refractivity contribution < 1.29 is 9.53 Å². The summed E-state index contributed by atoms with van der Waals surface area (Å²) in [6.45, 7) is 7.92. The Balaban J connectivity index is 2.90. The molecule has 0 aliphatic carbocycles. The number of carbonyl (C=O) groups excluding carboxylic acids is 1. The third-order valence-corrected chi connectivity index (χ3v) is 3.15. The van der Waals surface area contributed by atoms with Gasteiger partial charge in [-0.15, -0.1) is 0 Å². The average Bonchev–Trinajstić information content (AvgIpc) is 2.39. The molecule has 0 radical (unpaired) electrons. The van der Waals surface area contributed by atoms with Gasteiger partial charge in [-0.3, -0.25) is 4.79 Å². The molecular weight excluding hydrogens is 242 g/mol. The average molecular weight is 265 g/mol. The Morgan fingerprint density at radius 3 is 2.79 bits per heavy atom. The molecule has 3 N–H and O–H groups in total. The maximum Gasteiger partial charge on any atom is 0.238 e. The first kappa shape index (κ1) is 15.4. The molecule has 0 fully saturated rings. The predicted molar refractivity (Wildman–Crippen MR) is 76.1 cm³/mol. The zero-order chi connectivity index (χ0) is 14.5. The van der Waals surface area contributed by atoms with Crippen LogP contribution < -0.4 is 15.8 Å². The van der Waals surface area contributed by atoms with Crippen LogP contribution >= 0.6 is 0 Å². The van der Waals surface area contributed by atoms with Gasteiger partial charge in [0.15, 0.2) is 0 Å². The minimum Gasteiger partial charge on any atom is -0.473 e. The number of nitrogens with one attached hydrogen (secondary N) is 1. The highest BCUT2D eigenvalue weighted by atomic mass is 16.5. The van der Waals surface area contributed by atoms with Crippen LogP contribution in [0.4, 0.5) is 5.69 Å². The van der Waals surface area contributed by atoms with E-state index in [1.165, 1.54) is 0 Å². The molecule has 106 valence electrons. The van der Waals surface area contributed by atoms with Crippen LogP contribution in [0.2, 0.25) is 0 Å². The van der Waals surface area contributed by atoms with Gasteiger partial charge in [0.05, 0.1) is 11.5 Å². The normalized spacial score (nSPS) is 14.0. The van der Waals surface area contributed by atoms with E-state index >= 15 is 0 Å². The summed E-state index contributed by atoms with van der Waals surface area (Å²) >= 11 is 0. The fraction of sp³-hybridized carbons (Fsp3) is 0.571. The Morgan fingerprint density at radius 1 is 1.58 bits per heavy atom. The second-order valence-corrected chi connectivity index (χ2v) is 5.10. The molecule has 1 aromatic heterocycles. The number of pyridine rings is 1. The van der Waals surface area contributed by atoms with E-state index in [1.54, 1.807) is 18.3 Å². The highest BCUT2D eigenvalue weighted by Crippen LogP contribution is 2.26. The zero-order valence-corrected chi connectivity index (χ0v) is 12.1. The number of rotatable bonds is 6. The summed E-state index contributed by atoms with van der Waals surface area (Å²) in [5.74, 6) is 0.320. The molecule has 1 heterocycles. The molecule has 0 saturated carbocycles. The molecule has 0 aliphatic rings. The van der Waals surface area contributed by atoms with Gasteiger partial charge in [0, 0.05) is 12.7 Å². The monoisotopic (exact) mass is 265 g/mol. The fourth-order valence-corrected chi connectivity index (χ4v) is 1.47. The molecule has 0 saturated heterocycles. The number of carbonyl (C=O) groups is 1. The molecule has 5 heteroatoms. The third kappa shape index (κ3) is 3.92. The number of amides is 1. The minimum absolute atomic E-state index is 0.00220. The van der Waals surface area contributed by atoms with Crippen LogP contribution in [-0.4, -0.2) is 23.5 Å². The molecule has 0 bridgehead atoms. The first-order valence-electron chi connectivity index (χ1n) is 6.56. The van der Waals surface area contributed by atoms with Crippen LogP contribution in [0.3, 0.4) is 0 Å². The Morgan fingerprint density at radius 2 is 2.26 bits per heavy atom. The van der Waals surface area contributed by atoms with Crippen LogP contribution in [0.5, 0.6) is 5.88 Å². The molecule has 19 heavy (non-hydrogen) atoms. The molecule has 1 amide bonds. The van der Waals surface area contributed by atoms with Gasteiger partial charge in [0.2, 0.25) is 11.8 Å². The van der Waals surface area contributed by atoms with Gasteiger partial charge in [0.1, 0.15) is 5.69 Å². The molecule has 1 atom stereocenters. The second kappa shape index (κ2) is 6.52. The van der Waals surface area contributed by atoms with Crippen molar-refractivity contribution in [2.24, 2.45) is 11.1 Å². The molecule has 1 aromatic rings. The van der Waals surface area contributed by atoms with E-state index in [0.29, 0.717) is 24.5 Å². The third-order valence-electron chi connectivity index (χ3n) is 3.15. The Bertz CT molecular complexity index is 428. The van der Waals surface area contributed by atoms with Gasteiger partial charge in [0.25, 0.3) is 0 Å². The summed E-state index contributed by atoms with van der Waals surface area (Å²) in [6.07, 6.45) is 2.31. The van der Waals surface area contributed by atoms with Gasteiger partial charge < -0.3 is 15.8 Å². The number of anilines is 1. The van der Waals surface area contributed by atoms with E-state index in [9.17, 15) is 4.79 Å². The number of hydrogen-bond donors (Lipinski definition) is 2. The van der Waals surface area contributed by atoms with Crippen molar-refractivity contribution in [3.63, 3.8) is 0 Å². The summed E-state index contributed by atoms with van der Waals surface area (Å²) in [6, 6.07) is 3.53. The lowest BCUT2D eigenvalue weighted by atomic mass is 9.86. The van der Waals surface area contributed by atoms with Crippen molar-refractivity contribution >= 4 is 11.6 Å². The second-order valence-electron chi connectivity index (χ2n) is 5.10. The lowest BCUT2D eigenvalue weighted by Crippen LogP contribution is -2.39. The summed E-state index contributed by atoms with van der Waals surface area (Å²) in [5.41, 5.74) is 5.68. The summed E-state index contributed by atoms with van der Waals surface area (Å²) in [5, 5.41) is 2.85. The first-order chi connectivity index (χ1) is 8.92. The van der Waals surface area contributed by atoms with Crippen molar-refractivity contribution in [3.05, 3.63) is 18.3 Å². The topological polar surface area (TPSA) is 77.2 Å². The van der Waals surface area contributed by atoms with Gasteiger partial charge in [-0.2, -0.15) is 0 Å². The van der Waals surface area contributed by atoms with Crippen LogP contribution in [0.1, 0.15) is 34.1 Å². The van der Waals surface area contributed by atoms with E-state index in [4.69, 9.17) is 10.5 Å². The smallest absolute Gasteiger partial charge is 0.238 e. The predicted octanol–water partition coefficient (Wildman–Crippen LogP) is 2.18. The summed E-state index contributed by atoms with van der Waals surface area (Å²) in [4.78, 5) is 16.4. The van der Waals surface area contributed by atoms with E-state index in [1.807, 2.05) is 27.7 Å². The quantitative estimate of drug-likeness (QED) is 0.826. The standard InChI is InChI=1S/C14H23N3O2/c1-5-14(4,9-15)13(18)17-11-7-6-8-16-12(11)19-10(2)3/h6-8,10H,5,9,15H2,1-4H3,(H,17,18). The maximum atomic E-state index is 12.3. The lowest BCUT2D eigenvalue weighted by Gasteiger charge is -2.25. The number of nitrogens with zero attached hydrogens (tertiary/aromatic N) is 1. The summed E-state index contributed by atoms with van der Waals surface area (Å²) in [7, 11) is 0. The maximum absolute atomic E-state index is 12.3. The summed E-state index contributed by atoms with van der Waals surface area (Å²) < 4.78 is 5.57. The molecule has 0 spiro atoms. The van der Waals surface area contributed by atoms with Gasteiger partial charge in [-0.05, 0) is 39.3 Å². The first-order valence-corrected chi connectivity index (χ1v) is 6.56. The molecule has 1 unspecified atom stereocenters. The Kier molecular flexibility index (Phi) is 5.30. The molecule has 5 nitrogen and oxygen atoms in total. The van der Waals surface area contributed by atoms with E-state index < -0.39 is 5.41 Å². The molecular formula is C14H23N3O2. The number of nitrogens with two attached hydrogens (primary N) is 1. The van der Waals surface area contributed by atoms with Crippen molar-refractivity contribution in [2.45, 2.75) is 40.2 Å². The van der Waals surface area contributed by atoms with Crippen LogP contribution in [0.15, 0.2) is 18.3 Å². The van der Waals surface area contributed by atoms with Crippen molar-refractivity contribution in [2.75, 3.05) is 11.9 Å². The van der Waals surface area contributed by atoms with Crippen LogP contribution in [-0.2, 0) is 4.79 Å². The highest BCUT2D eigenvalue weighted by molar-refractivity contribution is 5.96. The van der Waals surface area contributed by atoms with Gasteiger partial charge >= 0.3 is 0 Å². The minimum atomic E-state index is -0.578. The van der Waals surface area contributed by atoms with Crippen molar-refractivity contribution in [1.29, 1.82) is 0 Å². The molecule has 1 rings (SSSR count). The van der Waals surface area contributed by atoms with Crippen LogP contribution in [0.25, 0.3) is 0 Å². The molecule has 0 aromatic carbocycles. The SMILES string of the molecule is CCC(C)(CN)C(=O)Nc1cccnc1OC(C)C. The Hall–Kier alpha value is -1.62.